The normalized spacial score (nSPS) is 11.9. The quantitative estimate of drug-likeness (QED) is 0.594. The van der Waals surface area contributed by atoms with Crippen LogP contribution in [0.2, 0.25) is 0 Å². The van der Waals surface area contributed by atoms with Crippen LogP contribution in [0.4, 0.5) is 5.69 Å². The summed E-state index contributed by atoms with van der Waals surface area (Å²) in [5.41, 5.74) is 1.09. The van der Waals surface area contributed by atoms with Gasteiger partial charge in [0.25, 0.3) is 10.0 Å². The zero-order valence-corrected chi connectivity index (χ0v) is 16.2. The van der Waals surface area contributed by atoms with Crippen LogP contribution in [0.3, 0.4) is 0 Å². The van der Waals surface area contributed by atoms with Crippen molar-refractivity contribution in [2.45, 2.75) is 24.8 Å². The Balaban J connectivity index is 1.76. The smallest absolute Gasteiger partial charge is 0.261 e. The number of anilines is 1. The standard InChI is InChI=1S/C18H22N4O4S/c1-13(2)22-18-14(11-20-22)10-15(12-19-18)21-27(23,24)17-6-4-16(5-7-17)26-9-8-25-3/h4-7,10-13,21H,8-9H2,1-3H3. The number of methoxy groups -OCH3 is 1. The molecule has 0 atom stereocenters. The fourth-order valence-corrected chi connectivity index (χ4v) is 3.58. The van der Waals surface area contributed by atoms with E-state index in [4.69, 9.17) is 9.47 Å². The molecule has 9 heteroatoms. The molecule has 0 spiro atoms. The van der Waals surface area contributed by atoms with Crippen molar-refractivity contribution in [3.63, 3.8) is 0 Å². The third-order valence-electron chi connectivity index (χ3n) is 3.86. The van der Waals surface area contributed by atoms with Crippen LogP contribution in [0.5, 0.6) is 5.75 Å². The first-order valence-electron chi connectivity index (χ1n) is 8.48. The largest absolute Gasteiger partial charge is 0.491 e. The number of fused-ring (bicyclic) bond motifs is 1. The lowest BCUT2D eigenvalue weighted by molar-refractivity contribution is 0.146. The Morgan fingerprint density at radius 2 is 1.89 bits per heavy atom. The molecule has 2 heterocycles. The molecule has 0 fully saturated rings. The van der Waals surface area contributed by atoms with Gasteiger partial charge in [0.1, 0.15) is 12.4 Å². The molecule has 27 heavy (non-hydrogen) atoms. The van der Waals surface area contributed by atoms with Crippen molar-refractivity contribution in [2.75, 3.05) is 25.0 Å². The van der Waals surface area contributed by atoms with E-state index in [0.717, 1.165) is 5.39 Å². The lowest BCUT2D eigenvalue weighted by Crippen LogP contribution is -2.13. The molecule has 3 rings (SSSR count). The summed E-state index contributed by atoms with van der Waals surface area (Å²) < 4.78 is 39.9. The van der Waals surface area contributed by atoms with Crippen molar-refractivity contribution in [3.05, 3.63) is 42.7 Å². The maximum Gasteiger partial charge on any atom is 0.261 e. The summed E-state index contributed by atoms with van der Waals surface area (Å²) in [5.74, 6) is 0.579. The molecule has 1 N–H and O–H groups in total. The minimum Gasteiger partial charge on any atom is -0.491 e. The fourth-order valence-electron chi connectivity index (χ4n) is 2.55. The van der Waals surface area contributed by atoms with Crippen molar-refractivity contribution < 1.29 is 17.9 Å². The van der Waals surface area contributed by atoms with Crippen LogP contribution in [0.25, 0.3) is 11.0 Å². The minimum atomic E-state index is -3.73. The molecule has 0 aliphatic heterocycles. The van der Waals surface area contributed by atoms with Gasteiger partial charge in [-0.05, 0) is 44.2 Å². The van der Waals surface area contributed by atoms with Gasteiger partial charge in [-0.15, -0.1) is 0 Å². The van der Waals surface area contributed by atoms with Crippen LogP contribution in [0, 0.1) is 0 Å². The number of ether oxygens (including phenoxy) is 2. The van der Waals surface area contributed by atoms with E-state index in [9.17, 15) is 8.42 Å². The van der Waals surface area contributed by atoms with E-state index >= 15 is 0 Å². The third-order valence-corrected chi connectivity index (χ3v) is 5.26. The Kier molecular flexibility index (Phi) is 5.62. The molecule has 0 saturated heterocycles. The predicted octanol–water partition coefficient (Wildman–Crippen LogP) is 2.84. The van der Waals surface area contributed by atoms with E-state index in [2.05, 4.69) is 14.8 Å². The second-order valence-electron chi connectivity index (χ2n) is 6.24. The topological polar surface area (TPSA) is 95.3 Å². The summed E-state index contributed by atoms with van der Waals surface area (Å²) in [6.07, 6.45) is 3.16. The van der Waals surface area contributed by atoms with E-state index < -0.39 is 10.0 Å². The summed E-state index contributed by atoms with van der Waals surface area (Å²) in [4.78, 5) is 4.48. The maximum absolute atomic E-state index is 12.6. The first kappa shape index (κ1) is 19.1. The second-order valence-corrected chi connectivity index (χ2v) is 7.92. The molecule has 0 unspecified atom stereocenters. The van der Waals surface area contributed by atoms with Gasteiger partial charge < -0.3 is 9.47 Å². The summed E-state index contributed by atoms with van der Waals surface area (Å²) in [6.45, 7) is 4.88. The van der Waals surface area contributed by atoms with Gasteiger partial charge in [0.15, 0.2) is 5.65 Å². The van der Waals surface area contributed by atoms with E-state index in [1.807, 2.05) is 13.8 Å². The Morgan fingerprint density at radius 3 is 2.56 bits per heavy atom. The number of nitrogens with one attached hydrogen (secondary N) is 1. The van der Waals surface area contributed by atoms with Gasteiger partial charge in [0.05, 0.1) is 29.6 Å². The molecule has 1 aromatic carbocycles. The number of nitrogens with zero attached hydrogens (tertiary/aromatic N) is 3. The van der Waals surface area contributed by atoms with Crippen LogP contribution >= 0.6 is 0 Å². The van der Waals surface area contributed by atoms with Crippen molar-refractivity contribution in [1.82, 2.24) is 14.8 Å². The third kappa shape index (κ3) is 4.37. The van der Waals surface area contributed by atoms with Gasteiger partial charge in [-0.3, -0.25) is 4.72 Å². The van der Waals surface area contributed by atoms with Crippen LogP contribution in [-0.2, 0) is 14.8 Å². The number of sulfonamides is 1. The summed E-state index contributed by atoms with van der Waals surface area (Å²) >= 11 is 0. The highest BCUT2D eigenvalue weighted by Gasteiger charge is 2.16. The highest BCUT2D eigenvalue weighted by atomic mass is 32.2. The van der Waals surface area contributed by atoms with Crippen LogP contribution < -0.4 is 9.46 Å². The van der Waals surface area contributed by atoms with Gasteiger partial charge in [0, 0.05) is 18.5 Å². The first-order chi connectivity index (χ1) is 12.9. The molecule has 0 radical (unpaired) electrons. The molecular formula is C18H22N4O4S. The monoisotopic (exact) mass is 390 g/mol. The average Bonchev–Trinajstić information content (AvgIpc) is 3.05. The molecule has 0 saturated carbocycles. The lowest BCUT2D eigenvalue weighted by atomic mass is 10.3. The number of pyridine rings is 1. The fraction of sp³-hybridized carbons (Fsp3) is 0.333. The van der Waals surface area contributed by atoms with Crippen LogP contribution in [0.15, 0.2) is 47.6 Å². The van der Waals surface area contributed by atoms with E-state index in [1.165, 1.54) is 18.3 Å². The number of aromatic nitrogens is 3. The highest BCUT2D eigenvalue weighted by molar-refractivity contribution is 7.92. The number of benzene rings is 1. The lowest BCUT2D eigenvalue weighted by Gasteiger charge is -2.10. The van der Waals surface area contributed by atoms with E-state index in [0.29, 0.717) is 30.3 Å². The molecule has 0 aliphatic carbocycles. The first-order valence-corrected chi connectivity index (χ1v) is 9.97. The van der Waals surface area contributed by atoms with Gasteiger partial charge in [-0.25, -0.2) is 18.1 Å². The molecule has 144 valence electrons. The summed E-state index contributed by atoms with van der Waals surface area (Å²) in [6, 6.07) is 8.09. The zero-order valence-electron chi connectivity index (χ0n) is 15.4. The highest BCUT2D eigenvalue weighted by Crippen LogP contribution is 2.22. The summed E-state index contributed by atoms with van der Waals surface area (Å²) in [7, 11) is -2.14. The van der Waals surface area contributed by atoms with Gasteiger partial charge in [-0.1, -0.05) is 0 Å². The van der Waals surface area contributed by atoms with E-state index in [-0.39, 0.29) is 10.9 Å². The van der Waals surface area contributed by atoms with Crippen LogP contribution in [0.1, 0.15) is 19.9 Å². The molecule has 0 bridgehead atoms. The van der Waals surface area contributed by atoms with E-state index in [1.54, 1.807) is 36.2 Å². The Morgan fingerprint density at radius 1 is 1.15 bits per heavy atom. The van der Waals surface area contributed by atoms with Crippen LogP contribution in [-0.4, -0.2) is 43.5 Å². The minimum absolute atomic E-state index is 0.138. The van der Waals surface area contributed by atoms with Crippen molar-refractivity contribution in [2.24, 2.45) is 0 Å². The predicted molar refractivity (Wildman–Crippen MR) is 103 cm³/mol. The van der Waals surface area contributed by atoms with Crippen molar-refractivity contribution in [3.8, 4) is 5.75 Å². The average molecular weight is 390 g/mol. The summed E-state index contributed by atoms with van der Waals surface area (Å²) in [5, 5.41) is 5.05. The number of hydrogen-bond acceptors (Lipinski definition) is 6. The van der Waals surface area contributed by atoms with Gasteiger partial charge in [-0.2, -0.15) is 5.10 Å². The molecular weight excluding hydrogens is 368 g/mol. The molecule has 3 aromatic rings. The van der Waals surface area contributed by atoms with Crippen molar-refractivity contribution in [1.29, 1.82) is 0 Å². The Labute approximate surface area is 158 Å². The molecule has 0 amide bonds. The van der Waals surface area contributed by atoms with Gasteiger partial charge in [0.2, 0.25) is 0 Å². The molecule has 2 aromatic heterocycles. The Hall–Kier alpha value is -2.65. The van der Waals surface area contributed by atoms with Gasteiger partial charge >= 0.3 is 0 Å². The molecule has 0 aliphatic rings. The second kappa shape index (κ2) is 7.93. The molecule has 8 nitrogen and oxygen atoms in total. The SMILES string of the molecule is COCCOc1ccc(S(=O)(=O)Nc2cnc3c(cnn3C(C)C)c2)cc1. The number of hydrogen-bond donors (Lipinski definition) is 1. The number of rotatable bonds is 8. The maximum atomic E-state index is 12.6. The van der Waals surface area contributed by atoms with Crippen molar-refractivity contribution >= 4 is 26.7 Å². The Bertz CT molecular complexity index is 1010. The zero-order chi connectivity index (χ0) is 19.4.